The number of carbonyl (C=O) groups excluding carboxylic acids is 3. The Morgan fingerprint density at radius 2 is 1.74 bits per heavy atom. The van der Waals surface area contributed by atoms with E-state index in [9.17, 15) is 14.4 Å². The van der Waals surface area contributed by atoms with Crippen LogP contribution >= 0.6 is 0 Å². The molecule has 7 heteroatoms. The highest BCUT2D eigenvalue weighted by Gasteiger charge is 2.81. The summed E-state index contributed by atoms with van der Waals surface area (Å²) >= 11 is 0. The van der Waals surface area contributed by atoms with Gasteiger partial charge in [0.25, 0.3) is 5.91 Å². The minimum Gasteiger partial charge on any atom is -0.453 e. The number of ketones is 1. The van der Waals surface area contributed by atoms with Crippen molar-refractivity contribution in [3.8, 4) is 0 Å². The van der Waals surface area contributed by atoms with Gasteiger partial charge in [-0.3, -0.25) is 19.3 Å². The molecule has 0 saturated carbocycles. The second-order valence-corrected chi connectivity index (χ2v) is 11.3. The maximum atomic E-state index is 14.7. The van der Waals surface area contributed by atoms with Gasteiger partial charge < -0.3 is 15.1 Å². The first-order valence-electron chi connectivity index (χ1n) is 13.5. The van der Waals surface area contributed by atoms with E-state index in [4.69, 9.17) is 4.42 Å². The lowest BCUT2D eigenvalue weighted by atomic mass is 9.57. The van der Waals surface area contributed by atoms with Crippen molar-refractivity contribution < 1.29 is 18.8 Å². The summed E-state index contributed by atoms with van der Waals surface area (Å²) in [6.07, 6.45) is 1.55. The lowest BCUT2D eigenvalue weighted by molar-refractivity contribution is -0.137. The molecule has 2 amide bonds. The molecule has 2 N–H and O–H groups in total. The molecular formula is C32H27N3O4. The number of Topliss-reactive ketones (excluding diaryl/α,β-unsaturated/α-hetero) is 1. The number of nitrogens with one attached hydrogen (secondary N) is 2. The van der Waals surface area contributed by atoms with E-state index in [1.54, 1.807) is 6.07 Å². The molecule has 8 rings (SSSR count). The number of hydrogen-bond acceptors (Lipinski definition) is 5. The monoisotopic (exact) mass is 517 g/mol. The highest BCUT2D eigenvalue weighted by Crippen LogP contribution is 2.68. The molecule has 2 fully saturated rings. The summed E-state index contributed by atoms with van der Waals surface area (Å²) in [5, 5.41) is 7.09. The molecule has 2 spiro atoms. The predicted molar refractivity (Wildman–Crippen MR) is 147 cm³/mol. The zero-order valence-corrected chi connectivity index (χ0v) is 21.7. The van der Waals surface area contributed by atoms with E-state index in [1.165, 1.54) is 0 Å². The van der Waals surface area contributed by atoms with Gasteiger partial charge in [-0.1, -0.05) is 48.5 Å². The lowest BCUT2D eigenvalue weighted by Gasteiger charge is -2.43. The third-order valence-electron chi connectivity index (χ3n) is 9.75. The summed E-state index contributed by atoms with van der Waals surface area (Å²) in [4.78, 5) is 46.0. The third kappa shape index (κ3) is 2.46. The van der Waals surface area contributed by atoms with Gasteiger partial charge in [-0.2, -0.15) is 0 Å². The van der Waals surface area contributed by atoms with Gasteiger partial charge in [0.15, 0.2) is 5.76 Å². The van der Waals surface area contributed by atoms with Crippen LogP contribution in [0, 0.1) is 19.8 Å². The number of nitrogens with zero attached hydrogens (tertiary/aromatic N) is 1. The second kappa shape index (κ2) is 7.45. The number of amides is 2. The number of hydrogen-bond donors (Lipinski definition) is 2. The number of furan rings is 1. The number of aryl methyl sites for hydroxylation is 1. The first kappa shape index (κ1) is 22.7. The Labute approximate surface area is 225 Å². The van der Waals surface area contributed by atoms with Crippen molar-refractivity contribution in [2.75, 3.05) is 17.2 Å². The molecule has 4 aliphatic heterocycles. The molecule has 1 aromatic heterocycles. The number of anilines is 2. The largest absolute Gasteiger partial charge is 0.453 e. The van der Waals surface area contributed by atoms with Crippen molar-refractivity contribution in [2.45, 2.75) is 43.7 Å². The first-order chi connectivity index (χ1) is 18.9. The van der Waals surface area contributed by atoms with Crippen molar-refractivity contribution in [3.05, 3.63) is 94.7 Å². The SMILES string of the molecule is Cc1ccc2c(c1C)NC(=O)[C@@]21N2CCC[C@@H]2[C@@H](C(=O)c2cc3ccccc3o2)[C@@]12C(=O)Nc1ccccc12. The molecule has 3 aromatic carbocycles. The molecule has 194 valence electrons. The molecule has 2 saturated heterocycles. The summed E-state index contributed by atoms with van der Waals surface area (Å²) in [5.74, 6) is -1.39. The van der Waals surface area contributed by atoms with E-state index in [-0.39, 0.29) is 29.4 Å². The zero-order valence-electron chi connectivity index (χ0n) is 21.7. The zero-order chi connectivity index (χ0) is 26.7. The fraction of sp³-hybridized carbons (Fsp3) is 0.281. The number of rotatable bonds is 2. The maximum absolute atomic E-state index is 14.7. The topological polar surface area (TPSA) is 91.7 Å². The van der Waals surface area contributed by atoms with Crippen molar-refractivity contribution in [1.82, 2.24) is 4.90 Å². The number of fused-ring (bicyclic) bond motifs is 8. The van der Waals surface area contributed by atoms with Crippen LogP contribution in [0.3, 0.4) is 0 Å². The Bertz CT molecular complexity index is 1740. The van der Waals surface area contributed by atoms with Crippen LogP contribution in [-0.4, -0.2) is 35.1 Å². The molecule has 0 radical (unpaired) electrons. The summed E-state index contributed by atoms with van der Waals surface area (Å²) in [6, 6.07) is 20.5. The van der Waals surface area contributed by atoms with Crippen LogP contribution in [0.5, 0.6) is 0 Å². The van der Waals surface area contributed by atoms with Gasteiger partial charge in [0.2, 0.25) is 11.7 Å². The van der Waals surface area contributed by atoms with Crippen molar-refractivity contribution in [1.29, 1.82) is 0 Å². The van der Waals surface area contributed by atoms with Gasteiger partial charge >= 0.3 is 0 Å². The van der Waals surface area contributed by atoms with E-state index in [0.29, 0.717) is 29.8 Å². The maximum Gasteiger partial charge on any atom is 0.251 e. The van der Waals surface area contributed by atoms with E-state index in [2.05, 4.69) is 15.5 Å². The summed E-state index contributed by atoms with van der Waals surface area (Å²) in [6.45, 7) is 4.63. The molecule has 0 aliphatic carbocycles. The minimum absolute atomic E-state index is 0.223. The van der Waals surface area contributed by atoms with E-state index in [1.807, 2.05) is 74.5 Å². The molecule has 7 nitrogen and oxygen atoms in total. The molecule has 4 aromatic rings. The standard InChI is InChI=1S/C32H27N3O4/c1-17-13-14-21-27(18(17)2)34-30(38)32(21)31(20-9-4-5-10-22(20)33-29(31)37)26(23-11-7-15-35(23)32)28(36)25-16-19-8-3-6-12-24(19)39-25/h3-6,8-10,12-14,16,23,26H,7,11,15H2,1-2H3,(H,33,37)(H,34,38)/t23-,26+,31+,32+/m1/s1. The Morgan fingerprint density at radius 1 is 0.949 bits per heavy atom. The van der Waals surface area contributed by atoms with Gasteiger partial charge in [0.05, 0.1) is 5.92 Å². The fourth-order valence-corrected chi connectivity index (χ4v) is 8.15. The smallest absolute Gasteiger partial charge is 0.251 e. The van der Waals surface area contributed by atoms with Crippen LogP contribution in [0.4, 0.5) is 11.4 Å². The molecule has 5 heterocycles. The molecule has 0 bridgehead atoms. The Balaban J connectivity index is 1.47. The molecule has 39 heavy (non-hydrogen) atoms. The summed E-state index contributed by atoms with van der Waals surface area (Å²) in [5.41, 5.74) is 2.68. The molecule has 4 atom stereocenters. The highest BCUT2D eigenvalue weighted by molar-refractivity contribution is 6.21. The summed E-state index contributed by atoms with van der Waals surface area (Å²) < 4.78 is 6.10. The summed E-state index contributed by atoms with van der Waals surface area (Å²) in [7, 11) is 0. The van der Waals surface area contributed by atoms with Crippen LogP contribution in [0.15, 0.2) is 71.1 Å². The van der Waals surface area contributed by atoms with Crippen LogP contribution < -0.4 is 10.6 Å². The van der Waals surface area contributed by atoms with Gasteiger partial charge in [-0.05, 0) is 68.1 Å². The number of carbonyl (C=O) groups is 3. The predicted octanol–water partition coefficient (Wildman–Crippen LogP) is 5.06. The van der Waals surface area contributed by atoms with Crippen molar-refractivity contribution in [3.63, 3.8) is 0 Å². The fourth-order valence-electron chi connectivity index (χ4n) is 8.15. The Kier molecular flexibility index (Phi) is 4.34. The average Bonchev–Trinajstić information content (AvgIpc) is 3.72. The van der Waals surface area contributed by atoms with Crippen LogP contribution in [0.25, 0.3) is 11.0 Å². The van der Waals surface area contributed by atoms with Gasteiger partial charge in [0.1, 0.15) is 16.5 Å². The van der Waals surface area contributed by atoms with Crippen LogP contribution in [-0.2, 0) is 20.5 Å². The van der Waals surface area contributed by atoms with Gasteiger partial charge in [0, 0.05) is 28.4 Å². The molecule has 4 aliphatic rings. The van der Waals surface area contributed by atoms with Crippen LogP contribution in [0.2, 0.25) is 0 Å². The Morgan fingerprint density at radius 3 is 2.59 bits per heavy atom. The van der Waals surface area contributed by atoms with E-state index >= 15 is 0 Å². The van der Waals surface area contributed by atoms with E-state index in [0.717, 1.165) is 34.2 Å². The van der Waals surface area contributed by atoms with Crippen LogP contribution in [0.1, 0.15) is 45.7 Å². The number of benzene rings is 3. The number of para-hydroxylation sites is 2. The van der Waals surface area contributed by atoms with Gasteiger partial charge in [-0.25, -0.2) is 0 Å². The normalized spacial score (nSPS) is 28.7. The molecular weight excluding hydrogens is 490 g/mol. The quantitative estimate of drug-likeness (QED) is 0.363. The first-order valence-corrected chi connectivity index (χ1v) is 13.5. The van der Waals surface area contributed by atoms with Crippen molar-refractivity contribution in [2.24, 2.45) is 5.92 Å². The van der Waals surface area contributed by atoms with Gasteiger partial charge in [-0.15, -0.1) is 0 Å². The van der Waals surface area contributed by atoms with Crippen molar-refractivity contribution >= 4 is 39.9 Å². The Hall–Kier alpha value is -4.23. The second-order valence-electron chi connectivity index (χ2n) is 11.3. The third-order valence-corrected chi connectivity index (χ3v) is 9.75. The lowest BCUT2D eigenvalue weighted by Crippen LogP contribution is -2.62. The minimum atomic E-state index is -1.47. The average molecular weight is 518 g/mol. The molecule has 0 unspecified atom stereocenters. The highest BCUT2D eigenvalue weighted by atomic mass is 16.3. The van der Waals surface area contributed by atoms with E-state index < -0.39 is 16.9 Å².